The minimum Gasteiger partial charge on any atom is -0.451 e. The van der Waals surface area contributed by atoms with E-state index in [-0.39, 0.29) is 24.1 Å². The summed E-state index contributed by atoms with van der Waals surface area (Å²) in [4.78, 5) is 14.3. The fourth-order valence-electron chi connectivity index (χ4n) is 2.85. The number of furan rings is 1. The Bertz CT molecular complexity index is 657. The van der Waals surface area contributed by atoms with Crippen molar-refractivity contribution in [2.75, 3.05) is 26.7 Å². The molecule has 0 saturated carbocycles. The number of likely N-dealkylation sites (tertiary alicyclic amines) is 1. The van der Waals surface area contributed by atoms with Crippen LogP contribution >= 0.6 is 12.4 Å². The van der Waals surface area contributed by atoms with Gasteiger partial charge in [0.1, 0.15) is 11.6 Å². The van der Waals surface area contributed by atoms with E-state index in [0.717, 1.165) is 31.6 Å². The molecule has 2 aromatic rings. The van der Waals surface area contributed by atoms with Crippen molar-refractivity contribution in [1.82, 2.24) is 10.2 Å². The van der Waals surface area contributed by atoms with Crippen molar-refractivity contribution in [3.8, 4) is 11.3 Å². The number of rotatable bonds is 4. The molecule has 6 heteroatoms. The molecule has 1 saturated heterocycles. The molecule has 0 aliphatic carbocycles. The first-order chi connectivity index (χ1) is 10.7. The molecule has 0 spiro atoms. The van der Waals surface area contributed by atoms with Gasteiger partial charge in [0.05, 0.1) is 0 Å². The summed E-state index contributed by atoms with van der Waals surface area (Å²) in [6.07, 6.45) is 1.01. The van der Waals surface area contributed by atoms with Gasteiger partial charge in [0.25, 0.3) is 5.91 Å². The Labute approximate surface area is 141 Å². The zero-order chi connectivity index (χ0) is 15.5. The van der Waals surface area contributed by atoms with Gasteiger partial charge in [-0.05, 0) is 62.3 Å². The highest BCUT2D eigenvalue weighted by atomic mass is 35.5. The average molecular weight is 339 g/mol. The Hall–Kier alpha value is -1.85. The number of hydrogen-bond acceptors (Lipinski definition) is 3. The molecule has 1 fully saturated rings. The van der Waals surface area contributed by atoms with Crippen LogP contribution in [0.5, 0.6) is 0 Å². The number of hydrogen-bond donors (Lipinski definition) is 1. The van der Waals surface area contributed by atoms with Crippen molar-refractivity contribution >= 4 is 18.3 Å². The summed E-state index contributed by atoms with van der Waals surface area (Å²) < 4.78 is 18.6. The lowest BCUT2D eigenvalue weighted by atomic mass is 10.1. The molecular weight excluding hydrogens is 319 g/mol. The third-order valence-electron chi connectivity index (χ3n) is 4.01. The topological polar surface area (TPSA) is 45.5 Å². The number of benzene rings is 1. The Balaban J connectivity index is 0.00000192. The van der Waals surface area contributed by atoms with E-state index in [2.05, 4.69) is 5.32 Å². The molecule has 23 heavy (non-hydrogen) atoms. The lowest BCUT2D eigenvalue weighted by molar-refractivity contribution is 0.0756. The second-order valence-corrected chi connectivity index (χ2v) is 5.63. The highest BCUT2D eigenvalue weighted by Crippen LogP contribution is 2.25. The molecule has 0 radical (unpaired) electrons. The number of carbonyl (C=O) groups is 1. The number of amides is 1. The van der Waals surface area contributed by atoms with E-state index in [9.17, 15) is 9.18 Å². The fraction of sp³-hybridized carbons (Fsp3) is 0.353. The molecule has 1 unspecified atom stereocenters. The largest absolute Gasteiger partial charge is 0.451 e. The fourth-order valence-corrected chi connectivity index (χ4v) is 2.85. The maximum atomic E-state index is 12.9. The van der Waals surface area contributed by atoms with Crippen molar-refractivity contribution in [2.45, 2.75) is 6.42 Å². The highest BCUT2D eigenvalue weighted by molar-refractivity contribution is 5.92. The summed E-state index contributed by atoms with van der Waals surface area (Å²) in [5, 5.41) is 3.15. The van der Waals surface area contributed by atoms with Crippen LogP contribution in [0.15, 0.2) is 40.8 Å². The molecule has 1 aromatic carbocycles. The molecule has 1 aliphatic rings. The Kier molecular flexibility index (Phi) is 5.80. The second-order valence-electron chi connectivity index (χ2n) is 5.63. The van der Waals surface area contributed by atoms with Gasteiger partial charge in [-0.15, -0.1) is 12.4 Å². The van der Waals surface area contributed by atoms with E-state index in [1.165, 1.54) is 12.1 Å². The summed E-state index contributed by atoms with van der Waals surface area (Å²) in [7, 11) is 1.92. The van der Waals surface area contributed by atoms with Gasteiger partial charge in [-0.3, -0.25) is 4.79 Å². The molecule has 124 valence electrons. The van der Waals surface area contributed by atoms with Crippen LogP contribution in [0, 0.1) is 11.7 Å². The van der Waals surface area contributed by atoms with Crippen molar-refractivity contribution < 1.29 is 13.6 Å². The second kappa shape index (κ2) is 7.62. The highest BCUT2D eigenvalue weighted by Gasteiger charge is 2.28. The molecule has 0 bridgehead atoms. The van der Waals surface area contributed by atoms with Crippen molar-refractivity contribution in [2.24, 2.45) is 5.92 Å². The summed E-state index contributed by atoms with van der Waals surface area (Å²) in [5.74, 6) is 1.05. The third-order valence-corrected chi connectivity index (χ3v) is 4.01. The van der Waals surface area contributed by atoms with Gasteiger partial charge in [-0.1, -0.05) is 0 Å². The van der Waals surface area contributed by atoms with E-state index in [1.807, 2.05) is 11.9 Å². The third kappa shape index (κ3) is 3.92. The van der Waals surface area contributed by atoms with Crippen LogP contribution in [0.25, 0.3) is 11.3 Å². The molecule has 3 rings (SSSR count). The summed E-state index contributed by atoms with van der Waals surface area (Å²) in [5.41, 5.74) is 0.759. The predicted octanol–water partition coefficient (Wildman–Crippen LogP) is 3.19. The molecule has 1 aromatic heterocycles. The first-order valence-electron chi connectivity index (χ1n) is 7.47. The molecule has 4 nitrogen and oxygen atoms in total. The predicted molar refractivity (Wildman–Crippen MR) is 89.3 cm³/mol. The number of nitrogens with zero attached hydrogens (tertiary/aromatic N) is 1. The van der Waals surface area contributed by atoms with Crippen LogP contribution < -0.4 is 5.32 Å². The summed E-state index contributed by atoms with van der Waals surface area (Å²) in [6, 6.07) is 9.47. The Morgan fingerprint density at radius 3 is 2.74 bits per heavy atom. The molecule has 1 aliphatic heterocycles. The van der Waals surface area contributed by atoms with E-state index < -0.39 is 0 Å². The normalized spacial score (nSPS) is 17.1. The zero-order valence-electron chi connectivity index (χ0n) is 12.9. The first kappa shape index (κ1) is 17.5. The maximum Gasteiger partial charge on any atom is 0.289 e. The smallest absolute Gasteiger partial charge is 0.289 e. The molecule has 1 atom stereocenters. The van der Waals surface area contributed by atoms with E-state index in [0.29, 0.717) is 17.4 Å². The molecule has 1 amide bonds. The minimum absolute atomic E-state index is 0. The number of halogens is 2. The lowest BCUT2D eigenvalue weighted by Crippen LogP contribution is -2.30. The number of nitrogens with one attached hydrogen (secondary N) is 1. The standard InChI is InChI=1S/C17H19FN2O2.ClH/c1-19-10-12-8-9-20(11-12)17(21)16-7-6-15(22-16)13-2-4-14(18)5-3-13;/h2-7,12,19H,8-11H2,1H3;1H. The lowest BCUT2D eigenvalue weighted by Gasteiger charge is -2.14. The Morgan fingerprint density at radius 2 is 2.04 bits per heavy atom. The van der Waals surface area contributed by atoms with Crippen LogP contribution in [0.4, 0.5) is 4.39 Å². The van der Waals surface area contributed by atoms with Gasteiger partial charge >= 0.3 is 0 Å². The molecule has 1 N–H and O–H groups in total. The van der Waals surface area contributed by atoms with Gasteiger partial charge in [-0.2, -0.15) is 0 Å². The molecule has 2 heterocycles. The monoisotopic (exact) mass is 338 g/mol. The van der Waals surface area contributed by atoms with Crippen LogP contribution in [-0.2, 0) is 0 Å². The van der Waals surface area contributed by atoms with E-state index in [1.54, 1.807) is 24.3 Å². The van der Waals surface area contributed by atoms with Crippen LogP contribution in [0.2, 0.25) is 0 Å². The van der Waals surface area contributed by atoms with Crippen LogP contribution in [0.3, 0.4) is 0 Å². The Morgan fingerprint density at radius 1 is 1.30 bits per heavy atom. The summed E-state index contributed by atoms with van der Waals surface area (Å²) in [6.45, 7) is 2.44. The van der Waals surface area contributed by atoms with Crippen molar-refractivity contribution in [1.29, 1.82) is 0 Å². The van der Waals surface area contributed by atoms with Crippen LogP contribution in [-0.4, -0.2) is 37.5 Å². The van der Waals surface area contributed by atoms with E-state index >= 15 is 0 Å². The average Bonchev–Trinajstić information content (AvgIpc) is 3.17. The van der Waals surface area contributed by atoms with Gasteiger partial charge in [0.15, 0.2) is 5.76 Å². The van der Waals surface area contributed by atoms with E-state index in [4.69, 9.17) is 4.42 Å². The van der Waals surface area contributed by atoms with Crippen LogP contribution in [0.1, 0.15) is 17.0 Å². The zero-order valence-corrected chi connectivity index (χ0v) is 13.7. The maximum absolute atomic E-state index is 12.9. The SMILES string of the molecule is CNCC1CCN(C(=O)c2ccc(-c3ccc(F)cc3)o2)C1.Cl. The van der Waals surface area contributed by atoms with Gasteiger partial charge in [0.2, 0.25) is 0 Å². The van der Waals surface area contributed by atoms with Crippen molar-refractivity contribution in [3.63, 3.8) is 0 Å². The molecular formula is C17H20ClFN2O2. The van der Waals surface area contributed by atoms with Gasteiger partial charge in [-0.25, -0.2) is 4.39 Å². The number of carbonyl (C=O) groups excluding carboxylic acids is 1. The van der Waals surface area contributed by atoms with Crippen molar-refractivity contribution in [3.05, 3.63) is 48.0 Å². The summed E-state index contributed by atoms with van der Waals surface area (Å²) >= 11 is 0. The first-order valence-corrected chi connectivity index (χ1v) is 7.47. The van der Waals surface area contributed by atoms with Gasteiger partial charge in [0, 0.05) is 18.7 Å². The van der Waals surface area contributed by atoms with Gasteiger partial charge < -0.3 is 14.6 Å². The quantitative estimate of drug-likeness (QED) is 0.931. The minimum atomic E-state index is -0.292.